The van der Waals surface area contributed by atoms with Crippen LogP contribution in [0.4, 0.5) is 0 Å². The monoisotopic (exact) mass is 177 g/mol. The predicted octanol–water partition coefficient (Wildman–Crippen LogP) is 2.51. The number of allylic oxidation sites excluding steroid dienone is 1. The number of nitrogens with one attached hydrogen (secondary N) is 1. The fourth-order valence-electron chi connectivity index (χ4n) is 2.25. The van der Waals surface area contributed by atoms with Crippen molar-refractivity contribution in [3.8, 4) is 0 Å². The van der Waals surface area contributed by atoms with Crippen LogP contribution in [0.25, 0.3) is 0 Å². The first-order valence-electron chi connectivity index (χ1n) is 5.21. The van der Waals surface area contributed by atoms with E-state index in [1.807, 2.05) is 0 Å². The zero-order valence-electron chi connectivity index (χ0n) is 8.85. The van der Waals surface area contributed by atoms with Gasteiger partial charge in [-0.05, 0) is 35.8 Å². The molecule has 0 aromatic carbocycles. The summed E-state index contributed by atoms with van der Waals surface area (Å²) in [6.07, 6.45) is 6.00. The Hall–Kier alpha value is -0.560. The van der Waals surface area contributed by atoms with Gasteiger partial charge >= 0.3 is 0 Å². The molecule has 0 saturated heterocycles. The summed E-state index contributed by atoms with van der Waals surface area (Å²) in [5.74, 6) is 0.834. The third kappa shape index (κ3) is 1.58. The topological polar surface area (TPSA) is 12.0 Å². The van der Waals surface area contributed by atoms with Gasteiger partial charge in [-0.3, -0.25) is 0 Å². The van der Waals surface area contributed by atoms with E-state index in [0.29, 0.717) is 5.41 Å². The molecule has 0 aromatic heterocycles. The van der Waals surface area contributed by atoms with Crippen molar-refractivity contribution in [3.05, 3.63) is 23.3 Å². The lowest BCUT2D eigenvalue weighted by molar-refractivity contribution is 0.591. The largest absolute Gasteiger partial charge is 0.309 e. The summed E-state index contributed by atoms with van der Waals surface area (Å²) in [4.78, 5) is 0. The van der Waals surface area contributed by atoms with Gasteiger partial charge < -0.3 is 5.32 Å². The van der Waals surface area contributed by atoms with Gasteiger partial charge in [0.1, 0.15) is 0 Å². The van der Waals surface area contributed by atoms with Gasteiger partial charge in [0.15, 0.2) is 0 Å². The molecule has 2 aliphatic rings. The van der Waals surface area contributed by atoms with Crippen LogP contribution in [-0.4, -0.2) is 13.1 Å². The summed E-state index contributed by atoms with van der Waals surface area (Å²) in [6, 6.07) is 0. The number of hydrogen-bond acceptors (Lipinski definition) is 1. The minimum absolute atomic E-state index is 0.567. The summed E-state index contributed by atoms with van der Waals surface area (Å²) in [6.45, 7) is 9.00. The van der Waals surface area contributed by atoms with Gasteiger partial charge in [-0.15, -0.1) is 0 Å². The molecule has 1 fully saturated rings. The second-order valence-electron chi connectivity index (χ2n) is 4.85. The Bertz CT molecular complexity index is 271. The second kappa shape index (κ2) is 2.98. The Morgan fingerprint density at radius 3 is 2.77 bits per heavy atom. The molecule has 1 nitrogen and oxygen atoms in total. The maximum Gasteiger partial charge on any atom is 0.0207 e. The average Bonchev–Trinajstić information content (AvgIpc) is 2.75. The smallest absolute Gasteiger partial charge is 0.0207 e. The van der Waals surface area contributed by atoms with Crippen molar-refractivity contribution in [2.24, 2.45) is 11.3 Å². The molecule has 1 heterocycles. The molecule has 0 spiro atoms. The quantitative estimate of drug-likeness (QED) is 0.649. The van der Waals surface area contributed by atoms with Gasteiger partial charge in [0.25, 0.3) is 0 Å². The van der Waals surface area contributed by atoms with E-state index < -0.39 is 0 Å². The van der Waals surface area contributed by atoms with Crippen LogP contribution in [0.2, 0.25) is 0 Å². The van der Waals surface area contributed by atoms with Crippen LogP contribution in [0.15, 0.2) is 23.3 Å². The fourth-order valence-corrected chi connectivity index (χ4v) is 2.25. The Morgan fingerprint density at radius 1 is 1.54 bits per heavy atom. The van der Waals surface area contributed by atoms with Crippen LogP contribution < -0.4 is 5.32 Å². The van der Waals surface area contributed by atoms with Crippen molar-refractivity contribution in [2.75, 3.05) is 13.1 Å². The molecule has 1 unspecified atom stereocenters. The fraction of sp³-hybridized carbons (Fsp3) is 0.667. The Kier molecular flexibility index (Phi) is 2.07. The van der Waals surface area contributed by atoms with Crippen LogP contribution in [0.5, 0.6) is 0 Å². The Labute approximate surface area is 80.9 Å². The van der Waals surface area contributed by atoms with Crippen LogP contribution in [0.3, 0.4) is 0 Å². The van der Waals surface area contributed by atoms with E-state index in [0.717, 1.165) is 19.0 Å². The van der Waals surface area contributed by atoms with Crippen molar-refractivity contribution in [2.45, 2.75) is 27.2 Å². The highest BCUT2D eigenvalue weighted by molar-refractivity contribution is 5.40. The zero-order valence-corrected chi connectivity index (χ0v) is 8.85. The van der Waals surface area contributed by atoms with Crippen LogP contribution in [0.1, 0.15) is 27.2 Å². The third-order valence-electron chi connectivity index (χ3n) is 3.39. The molecule has 72 valence electrons. The molecular formula is C12H19N. The van der Waals surface area contributed by atoms with E-state index in [9.17, 15) is 0 Å². The van der Waals surface area contributed by atoms with Crippen molar-refractivity contribution < 1.29 is 0 Å². The minimum Gasteiger partial charge on any atom is -0.309 e. The van der Waals surface area contributed by atoms with Gasteiger partial charge in [0, 0.05) is 13.1 Å². The third-order valence-corrected chi connectivity index (χ3v) is 3.39. The molecule has 2 rings (SSSR count). The van der Waals surface area contributed by atoms with Gasteiger partial charge in [0.05, 0.1) is 0 Å². The first-order valence-corrected chi connectivity index (χ1v) is 5.21. The molecule has 0 aromatic rings. The van der Waals surface area contributed by atoms with Crippen LogP contribution >= 0.6 is 0 Å². The van der Waals surface area contributed by atoms with E-state index in [1.165, 1.54) is 12.0 Å². The molecular weight excluding hydrogens is 158 g/mol. The van der Waals surface area contributed by atoms with E-state index in [1.54, 1.807) is 5.57 Å². The SMILES string of the molecule is C/C=C1/CNCC=C1C1CC1(C)C. The second-order valence-corrected chi connectivity index (χ2v) is 4.85. The first-order chi connectivity index (χ1) is 6.15. The molecule has 0 bridgehead atoms. The summed E-state index contributed by atoms with van der Waals surface area (Å²) >= 11 is 0. The van der Waals surface area contributed by atoms with Crippen LogP contribution in [-0.2, 0) is 0 Å². The minimum atomic E-state index is 0.567. The molecule has 1 aliphatic carbocycles. The van der Waals surface area contributed by atoms with Crippen molar-refractivity contribution in [1.82, 2.24) is 5.32 Å². The highest BCUT2D eigenvalue weighted by Crippen LogP contribution is 2.57. The van der Waals surface area contributed by atoms with Gasteiger partial charge in [-0.25, -0.2) is 0 Å². The lowest BCUT2D eigenvalue weighted by Crippen LogP contribution is -2.24. The predicted molar refractivity (Wildman–Crippen MR) is 56.6 cm³/mol. The molecule has 1 heteroatoms. The maximum absolute atomic E-state index is 3.38. The van der Waals surface area contributed by atoms with Gasteiger partial charge in [-0.1, -0.05) is 26.0 Å². The van der Waals surface area contributed by atoms with E-state index >= 15 is 0 Å². The average molecular weight is 177 g/mol. The molecule has 1 atom stereocenters. The van der Waals surface area contributed by atoms with Crippen LogP contribution in [0, 0.1) is 11.3 Å². The van der Waals surface area contributed by atoms with E-state index in [-0.39, 0.29) is 0 Å². The lowest BCUT2D eigenvalue weighted by Gasteiger charge is -2.19. The zero-order chi connectivity index (χ0) is 9.47. The van der Waals surface area contributed by atoms with E-state index in [2.05, 4.69) is 38.2 Å². The lowest BCUT2D eigenvalue weighted by atomic mass is 9.94. The van der Waals surface area contributed by atoms with Crippen molar-refractivity contribution in [3.63, 3.8) is 0 Å². The van der Waals surface area contributed by atoms with Gasteiger partial charge in [-0.2, -0.15) is 0 Å². The van der Waals surface area contributed by atoms with Crippen molar-refractivity contribution in [1.29, 1.82) is 0 Å². The molecule has 1 saturated carbocycles. The van der Waals surface area contributed by atoms with Gasteiger partial charge in [0.2, 0.25) is 0 Å². The van der Waals surface area contributed by atoms with E-state index in [4.69, 9.17) is 0 Å². The number of rotatable bonds is 1. The standard InChI is InChI=1S/C12H19N/c1-4-9-8-13-6-5-10(9)11-7-12(11,2)3/h4-5,11,13H,6-8H2,1-3H3/b9-4-. The normalized spacial score (nSPS) is 34.5. The summed E-state index contributed by atoms with van der Waals surface area (Å²) in [7, 11) is 0. The number of hydrogen-bond donors (Lipinski definition) is 1. The highest BCUT2D eigenvalue weighted by atomic mass is 14.9. The molecule has 0 amide bonds. The summed E-state index contributed by atoms with van der Waals surface area (Å²) in [5.41, 5.74) is 3.70. The molecule has 1 N–H and O–H groups in total. The Morgan fingerprint density at radius 2 is 2.23 bits per heavy atom. The maximum atomic E-state index is 3.38. The highest BCUT2D eigenvalue weighted by Gasteiger charge is 2.48. The summed E-state index contributed by atoms with van der Waals surface area (Å²) < 4.78 is 0. The molecule has 1 aliphatic heterocycles. The Balaban J connectivity index is 2.18. The van der Waals surface area contributed by atoms with Crippen molar-refractivity contribution >= 4 is 0 Å². The molecule has 0 radical (unpaired) electrons. The first kappa shape index (κ1) is 9.01. The molecule has 13 heavy (non-hydrogen) atoms. The summed E-state index contributed by atoms with van der Waals surface area (Å²) in [5, 5.41) is 3.38.